The fourth-order valence-electron chi connectivity index (χ4n) is 3.11. The summed E-state index contributed by atoms with van der Waals surface area (Å²) in [5.74, 6) is 0. The van der Waals surface area contributed by atoms with Crippen LogP contribution in [0, 0.1) is 0 Å². The lowest BCUT2D eigenvalue weighted by Gasteiger charge is -2.47. The Morgan fingerprint density at radius 1 is 1.11 bits per heavy atom. The third kappa shape index (κ3) is 4.73. The molecule has 0 aromatic heterocycles. The van der Waals surface area contributed by atoms with Crippen molar-refractivity contribution in [1.29, 1.82) is 0 Å². The van der Waals surface area contributed by atoms with Gasteiger partial charge in [0.25, 0.3) is 0 Å². The van der Waals surface area contributed by atoms with Crippen LogP contribution in [0.2, 0.25) is 0 Å². The highest BCUT2D eigenvalue weighted by atomic mass is 15.3. The molecule has 0 aliphatic carbocycles. The number of rotatable bonds is 8. The molecule has 1 rings (SSSR count). The molecule has 2 N–H and O–H groups in total. The van der Waals surface area contributed by atoms with Gasteiger partial charge < -0.3 is 5.73 Å². The predicted molar refractivity (Wildman–Crippen MR) is 84.5 cm³/mol. The SMILES string of the molecule is CCCCCC(C)(CN)N1CCN(C(C)CC)CC1. The summed E-state index contributed by atoms with van der Waals surface area (Å²) in [6, 6.07) is 0.728. The maximum Gasteiger partial charge on any atom is 0.0304 e. The molecule has 3 nitrogen and oxygen atoms in total. The third-order valence-electron chi connectivity index (χ3n) is 5.05. The fraction of sp³-hybridized carbons (Fsp3) is 1.00. The molecule has 3 heteroatoms. The van der Waals surface area contributed by atoms with Crippen LogP contribution in [-0.4, -0.2) is 54.1 Å². The summed E-state index contributed by atoms with van der Waals surface area (Å²) >= 11 is 0. The van der Waals surface area contributed by atoms with E-state index >= 15 is 0 Å². The summed E-state index contributed by atoms with van der Waals surface area (Å²) in [7, 11) is 0. The summed E-state index contributed by atoms with van der Waals surface area (Å²) in [5.41, 5.74) is 6.30. The van der Waals surface area contributed by atoms with E-state index in [1.54, 1.807) is 0 Å². The Morgan fingerprint density at radius 2 is 1.74 bits per heavy atom. The molecule has 1 saturated heterocycles. The molecule has 2 unspecified atom stereocenters. The number of nitrogens with zero attached hydrogens (tertiary/aromatic N) is 2. The van der Waals surface area contributed by atoms with E-state index in [1.807, 2.05) is 0 Å². The van der Waals surface area contributed by atoms with Crippen molar-refractivity contribution in [2.75, 3.05) is 32.7 Å². The number of nitrogens with two attached hydrogens (primary N) is 1. The van der Waals surface area contributed by atoms with E-state index in [1.165, 1.54) is 58.3 Å². The summed E-state index contributed by atoms with van der Waals surface area (Å²) in [4.78, 5) is 5.26. The minimum atomic E-state index is 0.219. The number of hydrogen-bond acceptors (Lipinski definition) is 3. The summed E-state index contributed by atoms with van der Waals surface area (Å²) in [6.07, 6.45) is 6.45. The average molecular weight is 269 g/mol. The first-order chi connectivity index (χ1) is 9.07. The van der Waals surface area contributed by atoms with E-state index in [2.05, 4.69) is 37.5 Å². The topological polar surface area (TPSA) is 32.5 Å². The summed E-state index contributed by atoms with van der Waals surface area (Å²) in [6.45, 7) is 14.8. The molecule has 19 heavy (non-hydrogen) atoms. The zero-order valence-corrected chi connectivity index (χ0v) is 13.6. The van der Waals surface area contributed by atoms with Gasteiger partial charge in [-0.1, -0.05) is 33.1 Å². The summed E-state index contributed by atoms with van der Waals surface area (Å²) < 4.78 is 0. The molecule has 0 bridgehead atoms. The smallest absolute Gasteiger partial charge is 0.0304 e. The molecule has 1 aliphatic rings. The van der Waals surface area contributed by atoms with Crippen LogP contribution in [-0.2, 0) is 0 Å². The first kappa shape index (κ1) is 16.9. The van der Waals surface area contributed by atoms with E-state index in [0.29, 0.717) is 0 Å². The largest absolute Gasteiger partial charge is 0.329 e. The average Bonchev–Trinajstić information content (AvgIpc) is 2.46. The van der Waals surface area contributed by atoms with Crippen LogP contribution < -0.4 is 5.73 Å². The monoisotopic (exact) mass is 269 g/mol. The number of unbranched alkanes of at least 4 members (excludes halogenated alkanes) is 2. The first-order valence-corrected chi connectivity index (χ1v) is 8.26. The predicted octanol–water partition coefficient (Wildman–Crippen LogP) is 2.70. The van der Waals surface area contributed by atoms with Crippen LogP contribution in [0.5, 0.6) is 0 Å². The normalized spacial score (nSPS) is 23.2. The van der Waals surface area contributed by atoms with E-state index in [4.69, 9.17) is 5.73 Å². The van der Waals surface area contributed by atoms with Gasteiger partial charge in [-0.3, -0.25) is 9.80 Å². The Bertz CT molecular complexity index is 236. The second-order valence-electron chi connectivity index (χ2n) is 6.44. The van der Waals surface area contributed by atoms with Crippen molar-refractivity contribution in [3.05, 3.63) is 0 Å². The minimum absolute atomic E-state index is 0.219. The van der Waals surface area contributed by atoms with Crippen LogP contribution in [0.25, 0.3) is 0 Å². The van der Waals surface area contributed by atoms with Gasteiger partial charge in [-0.15, -0.1) is 0 Å². The van der Waals surface area contributed by atoms with Crippen LogP contribution >= 0.6 is 0 Å². The lowest BCUT2D eigenvalue weighted by molar-refractivity contribution is 0.0262. The van der Waals surface area contributed by atoms with Crippen molar-refractivity contribution in [3.8, 4) is 0 Å². The standard InChI is InChI=1S/C16H35N3/c1-5-7-8-9-16(4,14-17)19-12-10-18(11-13-19)15(3)6-2/h15H,5-14,17H2,1-4H3. The van der Waals surface area contributed by atoms with Crippen molar-refractivity contribution in [3.63, 3.8) is 0 Å². The van der Waals surface area contributed by atoms with Crippen molar-refractivity contribution < 1.29 is 0 Å². The highest BCUT2D eigenvalue weighted by Gasteiger charge is 2.32. The van der Waals surface area contributed by atoms with Crippen LogP contribution in [0.3, 0.4) is 0 Å². The van der Waals surface area contributed by atoms with Crippen molar-refractivity contribution in [1.82, 2.24) is 9.80 Å². The molecule has 1 heterocycles. The van der Waals surface area contributed by atoms with Gasteiger partial charge in [0.15, 0.2) is 0 Å². The Hall–Kier alpha value is -0.120. The highest BCUT2D eigenvalue weighted by molar-refractivity contribution is 4.90. The molecule has 0 radical (unpaired) electrons. The van der Waals surface area contributed by atoms with Gasteiger partial charge in [0.1, 0.15) is 0 Å². The zero-order chi connectivity index (χ0) is 14.3. The van der Waals surface area contributed by atoms with Crippen molar-refractivity contribution in [2.45, 2.75) is 71.4 Å². The van der Waals surface area contributed by atoms with Gasteiger partial charge in [0.05, 0.1) is 0 Å². The maximum absolute atomic E-state index is 6.09. The molecule has 1 fully saturated rings. The van der Waals surface area contributed by atoms with Crippen LogP contribution in [0.15, 0.2) is 0 Å². The van der Waals surface area contributed by atoms with Crippen molar-refractivity contribution in [2.24, 2.45) is 5.73 Å². The van der Waals surface area contributed by atoms with E-state index in [0.717, 1.165) is 12.6 Å². The quantitative estimate of drug-likeness (QED) is 0.688. The molecule has 0 aromatic rings. The first-order valence-electron chi connectivity index (χ1n) is 8.26. The van der Waals surface area contributed by atoms with Gasteiger partial charge in [-0.25, -0.2) is 0 Å². The van der Waals surface area contributed by atoms with Gasteiger partial charge in [0, 0.05) is 44.3 Å². The molecular formula is C16H35N3. The molecule has 114 valence electrons. The zero-order valence-electron chi connectivity index (χ0n) is 13.6. The van der Waals surface area contributed by atoms with Crippen molar-refractivity contribution >= 4 is 0 Å². The molecule has 0 saturated carbocycles. The molecule has 2 atom stereocenters. The van der Waals surface area contributed by atoms with Gasteiger partial charge in [0.2, 0.25) is 0 Å². The van der Waals surface area contributed by atoms with E-state index in [-0.39, 0.29) is 5.54 Å². The minimum Gasteiger partial charge on any atom is -0.329 e. The fourth-order valence-corrected chi connectivity index (χ4v) is 3.11. The number of piperazine rings is 1. The molecule has 1 aliphatic heterocycles. The number of hydrogen-bond donors (Lipinski definition) is 1. The lowest BCUT2D eigenvalue weighted by atomic mass is 9.91. The van der Waals surface area contributed by atoms with E-state index < -0.39 is 0 Å². The van der Waals surface area contributed by atoms with Crippen LogP contribution in [0.1, 0.15) is 59.8 Å². The maximum atomic E-state index is 6.09. The van der Waals surface area contributed by atoms with E-state index in [9.17, 15) is 0 Å². The Labute approximate surface area is 120 Å². The highest BCUT2D eigenvalue weighted by Crippen LogP contribution is 2.24. The molecule has 0 amide bonds. The molecule has 0 spiro atoms. The third-order valence-corrected chi connectivity index (χ3v) is 5.05. The Kier molecular flexibility index (Phi) is 7.33. The lowest BCUT2D eigenvalue weighted by Crippen LogP contribution is -2.59. The summed E-state index contributed by atoms with van der Waals surface area (Å²) in [5, 5.41) is 0. The Morgan fingerprint density at radius 3 is 2.21 bits per heavy atom. The second kappa shape index (κ2) is 8.23. The van der Waals surface area contributed by atoms with Gasteiger partial charge >= 0.3 is 0 Å². The molecular weight excluding hydrogens is 234 g/mol. The molecule has 0 aromatic carbocycles. The van der Waals surface area contributed by atoms with Gasteiger partial charge in [-0.05, 0) is 26.7 Å². The van der Waals surface area contributed by atoms with Crippen LogP contribution in [0.4, 0.5) is 0 Å². The second-order valence-corrected chi connectivity index (χ2v) is 6.44. The Balaban J connectivity index is 2.46. The van der Waals surface area contributed by atoms with Gasteiger partial charge in [-0.2, -0.15) is 0 Å².